The molecular formula is C72H129NO10. The van der Waals surface area contributed by atoms with Crippen molar-refractivity contribution < 1.29 is 49.3 Å². The molecule has 1 saturated heterocycles. The van der Waals surface area contributed by atoms with Gasteiger partial charge in [-0.25, -0.2) is 0 Å². The van der Waals surface area contributed by atoms with E-state index >= 15 is 0 Å². The quantitative estimate of drug-likeness (QED) is 0.0149. The van der Waals surface area contributed by atoms with Crippen molar-refractivity contribution in [2.24, 2.45) is 0 Å². The van der Waals surface area contributed by atoms with Crippen LogP contribution < -0.4 is 5.32 Å². The second kappa shape index (κ2) is 59.4. The average molecular weight is 1170 g/mol. The minimum atomic E-state index is -1.62. The summed E-state index contributed by atoms with van der Waals surface area (Å²) in [6, 6.07) is -1.03. The Balaban J connectivity index is 2.54. The molecule has 6 N–H and O–H groups in total. The number of unbranched alkanes of at least 4 members (excludes halogenated alkanes) is 37. The van der Waals surface area contributed by atoms with Gasteiger partial charge in [0.15, 0.2) is 12.4 Å². The van der Waals surface area contributed by atoms with Crippen LogP contribution in [0.25, 0.3) is 0 Å². The Kier molecular flexibility index (Phi) is 55.9. The lowest BCUT2D eigenvalue weighted by molar-refractivity contribution is -0.305. The first-order valence-electron chi connectivity index (χ1n) is 34.7. The highest BCUT2D eigenvalue weighted by Crippen LogP contribution is 2.26. The lowest BCUT2D eigenvalue weighted by atomic mass is 9.99. The summed E-state index contributed by atoms with van der Waals surface area (Å²) in [6.45, 7) is 5.65. The number of amides is 1. The van der Waals surface area contributed by atoms with Crippen molar-refractivity contribution in [1.82, 2.24) is 5.32 Å². The van der Waals surface area contributed by atoms with Crippen LogP contribution in [0.15, 0.2) is 72.9 Å². The number of aliphatic hydroxyl groups excluding tert-OH is 5. The van der Waals surface area contributed by atoms with Gasteiger partial charge in [0.1, 0.15) is 24.4 Å². The number of allylic oxidation sites excluding steroid dienone is 11. The maximum Gasteiger partial charge on any atom is 0.306 e. The van der Waals surface area contributed by atoms with Crippen LogP contribution in [0, 0.1) is 0 Å². The SMILES string of the molecule is CC/C=C/C=C/C=C/CCCCCCCCC(O)C(=O)NC(COC1OC(CO)C(O)C(O)C1OC(=O)CCCCCCCCCCCCCCCCCCC/C=C\C/C=C\CCCCC)C(O)/C=C/CCCCCCCCCCCCC. The van der Waals surface area contributed by atoms with Crippen molar-refractivity contribution in [3.05, 3.63) is 72.9 Å². The molecule has 0 aromatic carbocycles. The van der Waals surface area contributed by atoms with Gasteiger partial charge in [-0.1, -0.05) is 299 Å². The first-order chi connectivity index (χ1) is 40.7. The van der Waals surface area contributed by atoms with Gasteiger partial charge in [0.2, 0.25) is 5.91 Å². The number of ether oxygens (including phenoxy) is 3. The summed E-state index contributed by atoms with van der Waals surface area (Å²) in [7, 11) is 0. The van der Waals surface area contributed by atoms with Gasteiger partial charge < -0.3 is 45.1 Å². The monoisotopic (exact) mass is 1170 g/mol. The Hall–Kier alpha value is -2.90. The topological polar surface area (TPSA) is 175 Å². The molecule has 83 heavy (non-hydrogen) atoms. The summed E-state index contributed by atoms with van der Waals surface area (Å²) >= 11 is 0. The third kappa shape index (κ3) is 46.9. The summed E-state index contributed by atoms with van der Waals surface area (Å²) in [4.78, 5) is 26.6. The number of carbonyl (C=O) groups excluding carboxylic acids is 2. The molecule has 1 fully saturated rings. The number of aliphatic hydroxyl groups is 5. The van der Waals surface area contributed by atoms with E-state index in [1.54, 1.807) is 6.08 Å². The van der Waals surface area contributed by atoms with Crippen molar-refractivity contribution in [1.29, 1.82) is 0 Å². The van der Waals surface area contributed by atoms with Crippen LogP contribution in [-0.2, 0) is 23.8 Å². The molecule has 8 unspecified atom stereocenters. The zero-order chi connectivity index (χ0) is 60.3. The standard InChI is InChI=1S/C72H129NO10/c1-4-7-10-13-16-19-22-25-27-28-29-30-31-32-33-34-35-36-37-38-39-42-45-48-51-54-57-60-67(77)83-70-69(79)68(78)66(61-74)82-72(70)81-62-63(64(75)58-55-52-49-46-43-40-24-21-18-15-12-9-6-3)73-71(80)65(76)59-56-53-50-47-44-41-26-23-20-17-14-11-8-5-2/h8,11,14,16-17,19-20,23,25,27,55,58,63-66,68-70,72,74-76,78-79H,4-7,9-10,12-13,15,18,21-22,24,26,28-54,56-57,59-62H2,1-3H3,(H,73,80)/b11-8+,17-14+,19-16-,23-20+,27-25-,58-55+. The van der Waals surface area contributed by atoms with E-state index in [2.05, 4.69) is 80.8 Å². The van der Waals surface area contributed by atoms with E-state index in [-0.39, 0.29) is 19.4 Å². The lowest BCUT2D eigenvalue weighted by Gasteiger charge is -2.41. The van der Waals surface area contributed by atoms with Crippen molar-refractivity contribution in [3.63, 3.8) is 0 Å². The molecule has 8 atom stereocenters. The number of hydrogen-bond donors (Lipinski definition) is 6. The van der Waals surface area contributed by atoms with Crippen LogP contribution in [0.4, 0.5) is 0 Å². The molecule has 0 aromatic rings. The molecule has 482 valence electrons. The predicted octanol–water partition coefficient (Wildman–Crippen LogP) is 17.5. The smallest absolute Gasteiger partial charge is 0.306 e. The van der Waals surface area contributed by atoms with Crippen LogP contribution in [0.2, 0.25) is 0 Å². The number of carbonyl (C=O) groups is 2. The van der Waals surface area contributed by atoms with Crippen molar-refractivity contribution in [2.45, 2.75) is 359 Å². The number of rotatable bonds is 59. The van der Waals surface area contributed by atoms with Crippen LogP contribution in [-0.4, -0.2) is 99.6 Å². The van der Waals surface area contributed by atoms with Crippen molar-refractivity contribution in [2.75, 3.05) is 13.2 Å². The molecule has 1 heterocycles. The van der Waals surface area contributed by atoms with Gasteiger partial charge in [0.25, 0.3) is 0 Å². The van der Waals surface area contributed by atoms with E-state index in [4.69, 9.17) is 14.2 Å². The number of nitrogens with one attached hydrogen (secondary N) is 1. The van der Waals surface area contributed by atoms with Crippen LogP contribution >= 0.6 is 0 Å². The molecule has 11 nitrogen and oxygen atoms in total. The Bertz CT molecular complexity index is 1630. The van der Waals surface area contributed by atoms with Crippen molar-refractivity contribution >= 4 is 11.9 Å². The Morgan fingerprint density at radius 1 is 0.494 bits per heavy atom. The summed E-state index contributed by atoms with van der Waals surface area (Å²) in [5.74, 6) is -1.20. The molecule has 1 aliphatic heterocycles. The van der Waals surface area contributed by atoms with E-state index in [1.165, 1.54) is 173 Å². The van der Waals surface area contributed by atoms with Crippen LogP contribution in [0.3, 0.4) is 0 Å². The van der Waals surface area contributed by atoms with E-state index in [1.807, 2.05) is 12.2 Å². The second-order valence-corrected chi connectivity index (χ2v) is 23.9. The summed E-state index contributed by atoms with van der Waals surface area (Å²) in [5.41, 5.74) is 0. The van der Waals surface area contributed by atoms with Gasteiger partial charge in [-0.15, -0.1) is 0 Å². The van der Waals surface area contributed by atoms with Crippen LogP contribution in [0.1, 0.15) is 310 Å². The largest absolute Gasteiger partial charge is 0.454 e. The molecule has 0 saturated carbocycles. The maximum absolute atomic E-state index is 13.4. The van der Waals surface area contributed by atoms with Gasteiger partial charge in [0.05, 0.1) is 25.4 Å². The summed E-state index contributed by atoms with van der Waals surface area (Å²) in [5, 5.41) is 57.1. The average Bonchev–Trinajstić information content (AvgIpc) is 3.51. The normalized spacial score (nSPS) is 19.0. The molecule has 0 radical (unpaired) electrons. The second-order valence-electron chi connectivity index (χ2n) is 23.9. The Labute approximate surface area is 509 Å². The molecule has 1 amide bonds. The van der Waals surface area contributed by atoms with Gasteiger partial charge in [0, 0.05) is 6.42 Å². The van der Waals surface area contributed by atoms with E-state index < -0.39 is 67.4 Å². The highest BCUT2D eigenvalue weighted by Gasteiger charge is 2.47. The third-order valence-electron chi connectivity index (χ3n) is 16.2. The fraction of sp³-hybridized carbons (Fsp3) is 0.806. The van der Waals surface area contributed by atoms with E-state index in [0.717, 1.165) is 89.9 Å². The van der Waals surface area contributed by atoms with E-state index in [9.17, 15) is 35.1 Å². The van der Waals surface area contributed by atoms with Crippen molar-refractivity contribution in [3.8, 4) is 0 Å². The lowest BCUT2D eigenvalue weighted by Crippen LogP contribution is -2.61. The molecule has 11 heteroatoms. The van der Waals surface area contributed by atoms with E-state index in [0.29, 0.717) is 12.8 Å². The molecular weight excluding hydrogens is 1040 g/mol. The molecule has 0 spiro atoms. The highest BCUT2D eigenvalue weighted by atomic mass is 16.7. The highest BCUT2D eigenvalue weighted by molar-refractivity contribution is 5.80. The Morgan fingerprint density at radius 3 is 1.41 bits per heavy atom. The fourth-order valence-electron chi connectivity index (χ4n) is 10.7. The van der Waals surface area contributed by atoms with Gasteiger partial charge >= 0.3 is 5.97 Å². The molecule has 0 aliphatic carbocycles. The zero-order valence-corrected chi connectivity index (χ0v) is 53.6. The third-order valence-corrected chi connectivity index (χ3v) is 16.2. The van der Waals surface area contributed by atoms with Crippen LogP contribution in [0.5, 0.6) is 0 Å². The van der Waals surface area contributed by atoms with Gasteiger partial charge in [-0.05, 0) is 77.0 Å². The van der Waals surface area contributed by atoms with Gasteiger partial charge in [-0.3, -0.25) is 9.59 Å². The number of esters is 1. The minimum Gasteiger partial charge on any atom is -0.454 e. The molecule has 0 bridgehead atoms. The van der Waals surface area contributed by atoms with Gasteiger partial charge in [-0.2, -0.15) is 0 Å². The summed E-state index contributed by atoms with van der Waals surface area (Å²) in [6.07, 6.45) is 66.6. The molecule has 1 aliphatic rings. The summed E-state index contributed by atoms with van der Waals surface area (Å²) < 4.78 is 17.7. The fourth-order valence-corrected chi connectivity index (χ4v) is 10.7. The molecule has 0 aromatic heterocycles. The zero-order valence-electron chi connectivity index (χ0n) is 53.6. The molecule has 1 rings (SSSR count). The first-order valence-corrected chi connectivity index (χ1v) is 34.7. The number of hydrogen-bond acceptors (Lipinski definition) is 10. The Morgan fingerprint density at radius 2 is 0.916 bits per heavy atom. The predicted molar refractivity (Wildman–Crippen MR) is 347 cm³/mol. The minimum absolute atomic E-state index is 0.122. The maximum atomic E-state index is 13.4. The first kappa shape index (κ1) is 78.1.